The van der Waals surface area contributed by atoms with E-state index in [-0.39, 0.29) is 5.95 Å². The Morgan fingerprint density at radius 2 is 2.08 bits per heavy atom. The molecule has 0 saturated carbocycles. The molecule has 11 heteroatoms. The summed E-state index contributed by atoms with van der Waals surface area (Å²) in [7, 11) is 0. The Bertz CT molecular complexity index is 709. The van der Waals surface area contributed by atoms with Crippen LogP contribution in [-0.2, 0) is 4.74 Å². The van der Waals surface area contributed by atoms with Crippen LogP contribution in [-0.4, -0.2) is 72.8 Å². The molecule has 1 aliphatic heterocycles. The highest BCUT2D eigenvalue weighted by Gasteiger charge is 2.44. The van der Waals surface area contributed by atoms with Crippen LogP contribution in [0, 0.1) is 0 Å². The summed E-state index contributed by atoms with van der Waals surface area (Å²) in [6.45, 7) is 0.723. The summed E-state index contributed by atoms with van der Waals surface area (Å²) in [4.78, 5) is 12.5. The van der Waals surface area contributed by atoms with Gasteiger partial charge in [0.1, 0.15) is 18.3 Å². The van der Waals surface area contributed by atoms with Crippen molar-refractivity contribution in [2.45, 2.75) is 31.0 Å². The highest BCUT2D eigenvalue weighted by atomic mass is 16.6. The number of nitrogens with zero attached hydrogens (tertiary/aromatic N) is 4. The van der Waals surface area contributed by atoms with Crippen LogP contribution in [0.25, 0.3) is 11.2 Å². The zero-order chi connectivity index (χ0) is 17.3. The van der Waals surface area contributed by atoms with Gasteiger partial charge >= 0.3 is 0 Å². The lowest BCUT2D eigenvalue weighted by atomic mass is 10.1. The molecule has 0 unspecified atom stereocenters. The maximum absolute atomic E-state index is 10.2. The molecule has 3 rings (SSSR count). The fourth-order valence-corrected chi connectivity index (χ4v) is 2.66. The van der Waals surface area contributed by atoms with Crippen LogP contribution in [0.15, 0.2) is 6.33 Å². The number of ether oxygens (including phenoxy) is 1. The first-order chi connectivity index (χ1) is 11.6. The number of nitrogen functional groups attached to an aromatic ring is 1. The van der Waals surface area contributed by atoms with Gasteiger partial charge in [-0.05, 0) is 13.0 Å². The number of nitrogens with two attached hydrogens (primary N) is 2. The van der Waals surface area contributed by atoms with Crippen LogP contribution in [0.4, 0.5) is 11.8 Å². The molecule has 132 valence electrons. The van der Waals surface area contributed by atoms with E-state index in [1.807, 2.05) is 0 Å². The van der Waals surface area contributed by atoms with E-state index < -0.39 is 31.1 Å². The van der Waals surface area contributed by atoms with E-state index in [0.717, 1.165) is 6.42 Å². The van der Waals surface area contributed by atoms with Crippen LogP contribution >= 0.6 is 0 Å². The van der Waals surface area contributed by atoms with Crippen molar-refractivity contribution >= 4 is 22.9 Å². The van der Waals surface area contributed by atoms with Crippen molar-refractivity contribution in [1.29, 1.82) is 0 Å². The van der Waals surface area contributed by atoms with Gasteiger partial charge in [-0.2, -0.15) is 9.97 Å². The number of fused-ring (bicyclic) bond motifs is 1. The molecule has 0 spiro atoms. The molecule has 1 aliphatic rings. The third kappa shape index (κ3) is 2.87. The molecule has 0 radical (unpaired) electrons. The Kier molecular flexibility index (Phi) is 4.78. The molecule has 3 heterocycles. The summed E-state index contributed by atoms with van der Waals surface area (Å²) in [6.07, 6.45) is -2.09. The van der Waals surface area contributed by atoms with Crippen molar-refractivity contribution in [2.75, 3.05) is 30.7 Å². The molecule has 11 nitrogen and oxygen atoms in total. The summed E-state index contributed by atoms with van der Waals surface area (Å²) in [6, 6.07) is 0. The number of hydrogen-bond acceptors (Lipinski definition) is 10. The van der Waals surface area contributed by atoms with Crippen molar-refractivity contribution in [2.24, 2.45) is 5.73 Å². The van der Waals surface area contributed by atoms with Crippen LogP contribution < -0.4 is 16.8 Å². The van der Waals surface area contributed by atoms with Gasteiger partial charge in [-0.3, -0.25) is 4.57 Å². The first kappa shape index (κ1) is 16.8. The molecule has 4 atom stereocenters. The van der Waals surface area contributed by atoms with Crippen molar-refractivity contribution in [3.63, 3.8) is 0 Å². The number of nitrogens with one attached hydrogen (secondary N) is 1. The van der Waals surface area contributed by atoms with Crippen LogP contribution in [0.3, 0.4) is 0 Å². The number of imidazole rings is 1. The highest BCUT2D eigenvalue weighted by Crippen LogP contribution is 2.32. The monoisotopic (exact) mass is 339 g/mol. The zero-order valence-electron chi connectivity index (χ0n) is 12.9. The minimum Gasteiger partial charge on any atom is -0.394 e. The second-order valence-corrected chi connectivity index (χ2v) is 5.55. The average Bonchev–Trinajstić information content (AvgIpc) is 3.10. The fraction of sp³-hybridized carbons (Fsp3) is 0.615. The summed E-state index contributed by atoms with van der Waals surface area (Å²) >= 11 is 0. The summed E-state index contributed by atoms with van der Waals surface area (Å²) in [5.74, 6) is 0.489. The van der Waals surface area contributed by atoms with E-state index in [1.165, 1.54) is 10.9 Å². The number of aliphatic hydroxyl groups excluding tert-OH is 3. The topological polar surface area (TPSA) is 178 Å². The Morgan fingerprint density at radius 1 is 1.29 bits per heavy atom. The van der Waals surface area contributed by atoms with Crippen LogP contribution in [0.2, 0.25) is 0 Å². The molecule has 1 saturated heterocycles. The van der Waals surface area contributed by atoms with E-state index in [0.29, 0.717) is 30.1 Å². The number of rotatable bonds is 6. The quantitative estimate of drug-likeness (QED) is 0.316. The molecule has 0 bridgehead atoms. The van der Waals surface area contributed by atoms with Crippen molar-refractivity contribution in [3.05, 3.63) is 6.33 Å². The average molecular weight is 339 g/mol. The number of aromatic nitrogens is 4. The third-order valence-corrected chi connectivity index (χ3v) is 3.90. The molecule has 2 aromatic heterocycles. The second-order valence-electron chi connectivity index (χ2n) is 5.55. The highest BCUT2D eigenvalue weighted by molar-refractivity contribution is 5.84. The van der Waals surface area contributed by atoms with E-state index in [1.54, 1.807) is 0 Å². The van der Waals surface area contributed by atoms with E-state index in [4.69, 9.17) is 16.2 Å². The first-order valence-electron chi connectivity index (χ1n) is 7.63. The molecule has 0 aliphatic carbocycles. The van der Waals surface area contributed by atoms with Crippen molar-refractivity contribution in [1.82, 2.24) is 19.5 Å². The van der Waals surface area contributed by atoms with Crippen LogP contribution in [0.1, 0.15) is 12.6 Å². The molecule has 1 fully saturated rings. The van der Waals surface area contributed by atoms with Gasteiger partial charge in [0.05, 0.1) is 12.9 Å². The van der Waals surface area contributed by atoms with Crippen molar-refractivity contribution in [3.8, 4) is 0 Å². The van der Waals surface area contributed by atoms with Gasteiger partial charge in [0.25, 0.3) is 0 Å². The van der Waals surface area contributed by atoms with Crippen molar-refractivity contribution < 1.29 is 20.1 Å². The van der Waals surface area contributed by atoms with Gasteiger partial charge in [-0.25, -0.2) is 4.98 Å². The van der Waals surface area contributed by atoms with Crippen LogP contribution in [0.5, 0.6) is 0 Å². The van der Waals surface area contributed by atoms with E-state index >= 15 is 0 Å². The largest absolute Gasteiger partial charge is 0.394 e. The number of aliphatic hydroxyl groups is 3. The number of anilines is 2. The molecular formula is C13H21N7O4. The van der Waals surface area contributed by atoms with Gasteiger partial charge in [-0.15, -0.1) is 0 Å². The summed E-state index contributed by atoms with van der Waals surface area (Å²) in [5.41, 5.74) is 12.0. The summed E-state index contributed by atoms with van der Waals surface area (Å²) < 4.78 is 6.96. The zero-order valence-corrected chi connectivity index (χ0v) is 12.9. The molecule has 2 aromatic rings. The van der Waals surface area contributed by atoms with Gasteiger partial charge < -0.3 is 36.8 Å². The summed E-state index contributed by atoms with van der Waals surface area (Å²) in [5, 5.41) is 32.4. The van der Waals surface area contributed by atoms with Gasteiger partial charge in [-0.1, -0.05) is 0 Å². The third-order valence-electron chi connectivity index (χ3n) is 3.90. The molecule has 0 aromatic carbocycles. The lowest BCUT2D eigenvalue weighted by Gasteiger charge is -2.16. The number of hydrogen-bond donors (Lipinski definition) is 6. The maximum Gasteiger partial charge on any atom is 0.224 e. The lowest BCUT2D eigenvalue weighted by Crippen LogP contribution is -2.33. The van der Waals surface area contributed by atoms with E-state index in [9.17, 15) is 15.3 Å². The minimum atomic E-state index is -1.23. The Balaban J connectivity index is 1.95. The first-order valence-corrected chi connectivity index (χ1v) is 7.63. The molecule has 0 amide bonds. The predicted molar refractivity (Wildman–Crippen MR) is 84.9 cm³/mol. The SMILES string of the molecule is NCCCNc1nc(N)nc2c1ncn2[C@@H]1O[C@H](CO)[C@@H](O)[C@H]1O. The molecule has 8 N–H and O–H groups in total. The van der Waals surface area contributed by atoms with Gasteiger partial charge in [0.15, 0.2) is 23.2 Å². The molecular weight excluding hydrogens is 318 g/mol. The van der Waals surface area contributed by atoms with Gasteiger partial charge in [0.2, 0.25) is 5.95 Å². The standard InChI is InChI=1S/C13H21N7O4/c14-2-1-3-16-10-7-11(19-13(15)18-10)20(5-17-7)12-9(23)8(22)6(4-21)24-12/h5-6,8-9,12,21-23H,1-4,14H2,(H3,15,16,18,19)/t6-,8-,9-,12-/m1/s1. The smallest absolute Gasteiger partial charge is 0.224 e. The maximum atomic E-state index is 10.2. The van der Waals surface area contributed by atoms with Gasteiger partial charge in [0, 0.05) is 6.54 Å². The Hall–Kier alpha value is -2.05. The second kappa shape index (κ2) is 6.83. The normalized spacial score (nSPS) is 27.0. The lowest BCUT2D eigenvalue weighted by molar-refractivity contribution is -0.0511. The minimum absolute atomic E-state index is 0.0336. The van der Waals surface area contributed by atoms with E-state index in [2.05, 4.69) is 20.3 Å². The fourth-order valence-electron chi connectivity index (χ4n) is 2.66. The predicted octanol–water partition coefficient (Wildman–Crippen LogP) is -2.22. The Morgan fingerprint density at radius 3 is 2.75 bits per heavy atom. The molecule has 24 heavy (non-hydrogen) atoms. The Labute approximate surface area is 137 Å².